The van der Waals surface area contributed by atoms with Gasteiger partial charge < -0.3 is 19.5 Å². The Morgan fingerprint density at radius 2 is 1.81 bits per heavy atom. The van der Waals surface area contributed by atoms with Crippen molar-refractivity contribution >= 4 is 37.9 Å². The van der Waals surface area contributed by atoms with E-state index in [-0.39, 0.29) is 19.4 Å². The fraction of sp³-hybridized carbons (Fsp3) is 0.429. The lowest BCUT2D eigenvalue weighted by Crippen LogP contribution is -2.55. The second-order valence-corrected chi connectivity index (χ2v) is 15.5. The van der Waals surface area contributed by atoms with Crippen molar-refractivity contribution in [2.24, 2.45) is 5.92 Å². The number of hydrogen-bond acceptors (Lipinski definition) is 9. The minimum atomic E-state index is -4.08. The maximum absolute atomic E-state index is 14.0. The molecule has 1 aromatic heterocycles. The van der Waals surface area contributed by atoms with Crippen LogP contribution in [-0.4, -0.2) is 77.6 Å². The van der Waals surface area contributed by atoms with E-state index in [1.165, 1.54) is 11.0 Å². The number of methoxy groups -OCH3 is 1. The zero-order valence-electron chi connectivity index (χ0n) is 26.9. The molecule has 3 aromatic rings. The van der Waals surface area contributed by atoms with Gasteiger partial charge in [0.25, 0.3) is 5.12 Å². The van der Waals surface area contributed by atoms with Crippen molar-refractivity contribution < 1.29 is 37.0 Å². The lowest BCUT2D eigenvalue weighted by Gasteiger charge is -2.29. The Kier molecular flexibility index (Phi) is 8.27. The lowest BCUT2D eigenvalue weighted by molar-refractivity contribution is -0.129. The van der Waals surface area contributed by atoms with Gasteiger partial charge in [-0.05, 0) is 52.2 Å². The third kappa shape index (κ3) is 6.43. The predicted octanol–water partition coefficient (Wildman–Crippen LogP) is 4.83. The van der Waals surface area contributed by atoms with Crippen LogP contribution in [0.15, 0.2) is 67.3 Å². The highest BCUT2D eigenvalue weighted by Crippen LogP contribution is 2.48. The molecular formula is C35H39N3O8S. The van der Waals surface area contributed by atoms with Crippen LogP contribution < -0.4 is 14.8 Å². The number of ether oxygens (including phenoxy) is 3. The number of carbonyl (C=O) groups is 3. The van der Waals surface area contributed by atoms with Crippen LogP contribution in [0, 0.1) is 5.92 Å². The van der Waals surface area contributed by atoms with Crippen LogP contribution in [0.1, 0.15) is 46.5 Å². The van der Waals surface area contributed by atoms with Crippen molar-refractivity contribution in [1.29, 1.82) is 0 Å². The first kappa shape index (κ1) is 32.5. The minimum Gasteiger partial charge on any atom is -0.497 e. The number of rotatable bonds is 9. The van der Waals surface area contributed by atoms with E-state index in [0.29, 0.717) is 40.9 Å². The molecule has 0 bridgehead atoms. The summed E-state index contributed by atoms with van der Waals surface area (Å²) in [6.07, 6.45) is 1.16. The molecule has 0 spiro atoms. The standard InChI is InChI=1S/C35H39N3O8S/c1-6-22-19-35(22,32(40)47(42,43)25-13-14-25)37-31(39)29-17-24(20-38(29)33(41)46-34(2,3)4)45-30-18-27(21-10-8-7-9-11-21)36-28-16-23(44-5)12-15-26(28)30/h6-12,15-16,18,22,24-25,29H,1,13-14,17,19-20H2,2-5H3,(H,37,39)/t22-,24-,29+,35-/m1/s1. The van der Waals surface area contributed by atoms with Gasteiger partial charge in [0.1, 0.15) is 34.8 Å². The van der Waals surface area contributed by atoms with Crippen LogP contribution in [0.5, 0.6) is 11.5 Å². The summed E-state index contributed by atoms with van der Waals surface area (Å²) in [4.78, 5) is 46.9. The van der Waals surface area contributed by atoms with Crippen LogP contribution in [0.25, 0.3) is 22.2 Å². The maximum atomic E-state index is 14.0. The van der Waals surface area contributed by atoms with Crippen LogP contribution in [0.4, 0.5) is 4.79 Å². The molecule has 2 saturated carbocycles. The molecule has 1 saturated heterocycles. The number of amides is 2. The van der Waals surface area contributed by atoms with E-state index in [4.69, 9.17) is 19.2 Å². The summed E-state index contributed by atoms with van der Waals surface area (Å²) in [5.74, 6) is -0.0600. The molecule has 2 aliphatic carbocycles. The fourth-order valence-electron chi connectivity index (χ4n) is 6.08. The van der Waals surface area contributed by atoms with E-state index in [0.717, 1.165) is 5.56 Å². The Hall–Kier alpha value is -4.45. The van der Waals surface area contributed by atoms with Crippen LogP contribution >= 0.6 is 0 Å². The van der Waals surface area contributed by atoms with Crippen molar-refractivity contribution in [2.75, 3.05) is 13.7 Å². The number of nitrogens with zero attached hydrogens (tertiary/aromatic N) is 2. The number of hydrogen-bond donors (Lipinski definition) is 1. The minimum absolute atomic E-state index is 0.0137. The first-order chi connectivity index (χ1) is 22.3. The maximum Gasteiger partial charge on any atom is 0.411 e. The van der Waals surface area contributed by atoms with Gasteiger partial charge in [0.15, 0.2) is 0 Å². The van der Waals surface area contributed by atoms with Crippen LogP contribution in [0.2, 0.25) is 0 Å². The molecule has 2 heterocycles. The van der Waals surface area contributed by atoms with Gasteiger partial charge in [0.2, 0.25) is 15.7 Å². The molecule has 11 nitrogen and oxygen atoms in total. The van der Waals surface area contributed by atoms with Crippen molar-refractivity contribution in [3.8, 4) is 22.8 Å². The second-order valence-electron chi connectivity index (χ2n) is 13.4. The van der Waals surface area contributed by atoms with Crippen molar-refractivity contribution in [1.82, 2.24) is 15.2 Å². The second kappa shape index (κ2) is 12.0. The third-order valence-corrected chi connectivity index (χ3v) is 11.0. The van der Waals surface area contributed by atoms with Gasteiger partial charge in [-0.3, -0.25) is 14.5 Å². The number of carbonyl (C=O) groups excluding carboxylic acids is 3. The predicted molar refractivity (Wildman–Crippen MR) is 176 cm³/mol. The summed E-state index contributed by atoms with van der Waals surface area (Å²) in [5.41, 5.74) is -0.276. The van der Waals surface area contributed by atoms with Gasteiger partial charge in [0.05, 0.1) is 30.1 Å². The molecule has 6 rings (SSSR count). The molecule has 1 N–H and O–H groups in total. The number of likely N-dealkylation sites (tertiary alicyclic amines) is 1. The highest BCUT2D eigenvalue weighted by molar-refractivity contribution is 8.07. The summed E-state index contributed by atoms with van der Waals surface area (Å²) in [5, 5.41) is 1.74. The first-order valence-corrected chi connectivity index (χ1v) is 17.2. The topological polar surface area (TPSA) is 141 Å². The zero-order chi connectivity index (χ0) is 33.7. The molecule has 4 atom stereocenters. The average Bonchev–Trinajstić information content (AvgIpc) is 3.96. The zero-order valence-corrected chi connectivity index (χ0v) is 27.7. The Labute approximate surface area is 274 Å². The summed E-state index contributed by atoms with van der Waals surface area (Å²) in [6, 6.07) is 15.8. The number of aromatic nitrogens is 1. The van der Waals surface area contributed by atoms with Gasteiger partial charge in [0, 0.05) is 35.4 Å². The van der Waals surface area contributed by atoms with E-state index in [9.17, 15) is 22.8 Å². The molecule has 2 aromatic carbocycles. The molecule has 0 radical (unpaired) electrons. The summed E-state index contributed by atoms with van der Waals surface area (Å²) in [6.45, 7) is 8.92. The van der Waals surface area contributed by atoms with Gasteiger partial charge in [-0.25, -0.2) is 18.2 Å². The number of pyridine rings is 1. The molecule has 248 valence electrons. The van der Waals surface area contributed by atoms with E-state index < -0.39 is 61.4 Å². The number of fused-ring (bicyclic) bond motifs is 1. The van der Waals surface area contributed by atoms with Gasteiger partial charge in [-0.1, -0.05) is 36.4 Å². The van der Waals surface area contributed by atoms with Crippen molar-refractivity contribution in [2.45, 2.75) is 75.0 Å². The first-order valence-electron chi connectivity index (χ1n) is 15.7. The van der Waals surface area contributed by atoms with Gasteiger partial charge in [-0.2, -0.15) is 0 Å². The number of nitrogens with one attached hydrogen (secondary N) is 1. The Morgan fingerprint density at radius 1 is 1.09 bits per heavy atom. The SMILES string of the molecule is C=C[C@@H]1C[C@]1(NC(=O)[C@@H]1C[C@@H](Oc2cc(-c3ccccc3)nc3cc(OC)ccc23)CN1C(=O)OC(C)(C)C)C(=O)S(=O)(=O)C1CC1. The van der Waals surface area contributed by atoms with E-state index in [2.05, 4.69) is 11.9 Å². The van der Waals surface area contributed by atoms with Gasteiger partial charge >= 0.3 is 6.09 Å². The van der Waals surface area contributed by atoms with Gasteiger partial charge in [-0.15, -0.1) is 6.58 Å². The monoisotopic (exact) mass is 661 g/mol. The summed E-state index contributed by atoms with van der Waals surface area (Å²) in [7, 11) is -2.50. The molecule has 3 fully saturated rings. The van der Waals surface area contributed by atoms with E-state index in [1.54, 1.807) is 33.9 Å². The Bertz CT molecular complexity index is 1850. The molecule has 12 heteroatoms. The Balaban J connectivity index is 1.31. The molecule has 3 aliphatic rings. The lowest BCUT2D eigenvalue weighted by atomic mass is 10.1. The molecule has 2 amide bonds. The quantitative estimate of drug-likeness (QED) is 0.319. The molecule has 47 heavy (non-hydrogen) atoms. The molecular weight excluding hydrogens is 622 g/mol. The largest absolute Gasteiger partial charge is 0.497 e. The number of benzene rings is 2. The van der Waals surface area contributed by atoms with Crippen molar-refractivity contribution in [3.63, 3.8) is 0 Å². The third-order valence-electron chi connectivity index (χ3n) is 8.77. The summed E-state index contributed by atoms with van der Waals surface area (Å²) < 4.78 is 43.5. The number of sulfone groups is 1. The van der Waals surface area contributed by atoms with E-state index in [1.807, 2.05) is 48.5 Å². The average molecular weight is 662 g/mol. The van der Waals surface area contributed by atoms with Crippen LogP contribution in [-0.2, 0) is 24.2 Å². The van der Waals surface area contributed by atoms with E-state index >= 15 is 0 Å². The molecule has 1 aliphatic heterocycles. The normalized spacial score (nSPS) is 24.0. The fourth-order valence-corrected chi connectivity index (χ4v) is 7.93. The smallest absolute Gasteiger partial charge is 0.411 e. The van der Waals surface area contributed by atoms with Crippen molar-refractivity contribution in [3.05, 3.63) is 67.3 Å². The summed E-state index contributed by atoms with van der Waals surface area (Å²) >= 11 is 0. The highest BCUT2D eigenvalue weighted by Gasteiger charge is 2.65. The highest BCUT2D eigenvalue weighted by atomic mass is 32.2. The van der Waals surface area contributed by atoms with Crippen LogP contribution in [0.3, 0.4) is 0 Å². The Morgan fingerprint density at radius 3 is 2.43 bits per heavy atom. The molecule has 0 unspecified atom stereocenters.